The van der Waals surface area contributed by atoms with Gasteiger partial charge in [0.05, 0.1) is 18.8 Å². The minimum Gasteiger partial charge on any atom is -0.394 e. The molecule has 1 rings (SSSR count). The fraction of sp³-hybridized carbons (Fsp3) is 0.917. The number of nitrogens with one attached hydrogen (secondary N) is 1. The van der Waals surface area contributed by atoms with Crippen LogP contribution in [0.15, 0.2) is 0 Å². The number of aliphatic hydroxyl groups is 1. The van der Waals surface area contributed by atoms with Crippen molar-refractivity contribution >= 4 is 5.91 Å². The van der Waals surface area contributed by atoms with Crippen LogP contribution in [0, 0.1) is 5.92 Å². The van der Waals surface area contributed by atoms with E-state index in [4.69, 9.17) is 9.84 Å². The molecule has 1 heterocycles. The van der Waals surface area contributed by atoms with Gasteiger partial charge in [-0.25, -0.2) is 0 Å². The molecule has 1 saturated heterocycles. The molecule has 4 nitrogen and oxygen atoms in total. The standard InChI is InChI=1S/C12H23NO3/c1-8(2)6-10(7-14)13-12(15)11-5-4-9(3)16-11/h8-11,14H,4-7H2,1-3H3,(H,13,15). The first-order valence-corrected chi connectivity index (χ1v) is 6.09. The minimum absolute atomic E-state index is 0.00774. The first kappa shape index (κ1) is 13.5. The Balaban J connectivity index is 2.36. The lowest BCUT2D eigenvalue weighted by Gasteiger charge is -2.20. The second-order valence-electron chi connectivity index (χ2n) is 5.03. The molecule has 0 spiro atoms. The number of rotatable bonds is 5. The summed E-state index contributed by atoms with van der Waals surface area (Å²) in [4.78, 5) is 11.8. The Morgan fingerprint density at radius 3 is 2.62 bits per heavy atom. The maximum Gasteiger partial charge on any atom is 0.249 e. The highest BCUT2D eigenvalue weighted by Crippen LogP contribution is 2.19. The molecule has 0 bridgehead atoms. The lowest BCUT2D eigenvalue weighted by atomic mass is 10.0. The normalized spacial score (nSPS) is 27.1. The first-order chi connectivity index (χ1) is 7.52. The topological polar surface area (TPSA) is 58.6 Å². The van der Waals surface area contributed by atoms with E-state index in [1.165, 1.54) is 0 Å². The SMILES string of the molecule is CC(C)CC(CO)NC(=O)C1CCC(C)O1. The van der Waals surface area contributed by atoms with Crippen molar-refractivity contribution in [2.45, 2.75) is 58.3 Å². The van der Waals surface area contributed by atoms with E-state index in [2.05, 4.69) is 19.2 Å². The molecule has 1 aliphatic heterocycles. The van der Waals surface area contributed by atoms with Crippen LogP contribution in [0.3, 0.4) is 0 Å². The van der Waals surface area contributed by atoms with Gasteiger partial charge in [0.1, 0.15) is 6.10 Å². The van der Waals surface area contributed by atoms with Crippen molar-refractivity contribution < 1.29 is 14.6 Å². The summed E-state index contributed by atoms with van der Waals surface area (Å²) < 4.78 is 5.48. The van der Waals surface area contributed by atoms with Crippen molar-refractivity contribution in [2.24, 2.45) is 5.92 Å². The molecule has 3 atom stereocenters. The Bertz CT molecular complexity index is 230. The Kier molecular flexibility index (Phi) is 5.22. The molecule has 94 valence electrons. The van der Waals surface area contributed by atoms with E-state index in [0.29, 0.717) is 5.92 Å². The molecule has 0 aliphatic carbocycles. The van der Waals surface area contributed by atoms with Gasteiger partial charge in [-0.1, -0.05) is 13.8 Å². The molecular formula is C12H23NO3. The lowest BCUT2D eigenvalue weighted by Crippen LogP contribution is -2.43. The average Bonchev–Trinajstić information content (AvgIpc) is 2.63. The summed E-state index contributed by atoms with van der Waals surface area (Å²) in [5.74, 6) is 0.380. The summed E-state index contributed by atoms with van der Waals surface area (Å²) >= 11 is 0. The number of carbonyl (C=O) groups is 1. The zero-order valence-electron chi connectivity index (χ0n) is 10.4. The number of hydrogen-bond donors (Lipinski definition) is 2. The molecule has 0 aromatic carbocycles. The highest BCUT2D eigenvalue weighted by atomic mass is 16.5. The number of carbonyl (C=O) groups excluding carboxylic acids is 1. The van der Waals surface area contributed by atoms with Gasteiger partial charge in [-0.15, -0.1) is 0 Å². The monoisotopic (exact) mass is 229 g/mol. The third-order valence-corrected chi connectivity index (χ3v) is 2.85. The van der Waals surface area contributed by atoms with Gasteiger partial charge in [0, 0.05) is 0 Å². The van der Waals surface area contributed by atoms with Crippen LogP contribution in [0.1, 0.15) is 40.0 Å². The summed E-state index contributed by atoms with van der Waals surface area (Å²) in [7, 11) is 0. The van der Waals surface area contributed by atoms with Crippen LogP contribution in [0.25, 0.3) is 0 Å². The molecular weight excluding hydrogens is 206 g/mol. The fourth-order valence-electron chi connectivity index (χ4n) is 2.04. The average molecular weight is 229 g/mol. The summed E-state index contributed by atoms with van der Waals surface area (Å²) in [6.45, 7) is 6.11. The van der Waals surface area contributed by atoms with E-state index < -0.39 is 0 Å². The predicted molar refractivity (Wildman–Crippen MR) is 62.0 cm³/mol. The van der Waals surface area contributed by atoms with E-state index in [9.17, 15) is 4.79 Å². The lowest BCUT2D eigenvalue weighted by molar-refractivity contribution is -0.132. The number of amides is 1. The van der Waals surface area contributed by atoms with Crippen LogP contribution in [-0.4, -0.2) is 35.9 Å². The zero-order valence-corrected chi connectivity index (χ0v) is 10.4. The smallest absolute Gasteiger partial charge is 0.249 e. The Morgan fingerprint density at radius 2 is 2.19 bits per heavy atom. The summed E-state index contributed by atoms with van der Waals surface area (Å²) in [5, 5.41) is 12.0. The van der Waals surface area contributed by atoms with Gasteiger partial charge in [0.15, 0.2) is 0 Å². The largest absolute Gasteiger partial charge is 0.394 e. The van der Waals surface area contributed by atoms with Crippen LogP contribution in [-0.2, 0) is 9.53 Å². The van der Waals surface area contributed by atoms with Gasteiger partial charge in [-0.05, 0) is 32.1 Å². The van der Waals surface area contributed by atoms with Crippen molar-refractivity contribution in [1.82, 2.24) is 5.32 Å². The van der Waals surface area contributed by atoms with Crippen molar-refractivity contribution in [1.29, 1.82) is 0 Å². The van der Waals surface area contributed by atoms with Crippen molar-refractivity contribution in [3.05, 3.63) is 0 Å². The van der Waals surface area contributed by atoms with Gasteiger partial charge in [-0.3, -0.25) is 4.79 Å². The molecule has 0 radical (unpaired) electrons. The highest BCUT2D eigenvalue weighted by molar-refractivity contribution is 5.81. The van der Waals surface area contributed by atoms with E-state index in [-0.39, 0.29) is 30.8 Å². The van der Waals surface area contributed by atoms with Crippen LogP contribution in [0.2, 0.25) is 0 Å². The quantitative estimate of drug-likeness (QED) is 0.741. The van der Waals surface area contributed by atoms with Crippen molar-refractivity contribution in [3.8, 4) is 0 Å². The molecule has 1 amide bonds. The molecule has 2 N–H and O–H groups in total. The maximum atomic E-state index is 11.8. The second kappa shape index (κ2) is 6.21. The van der Waals surface area contributed by atoms with E-state index in [1.807, 2.05) is 6.92 Å². The molecule has 1 fully saturated rings. The third kappa shape index (κ3) is 4.10. The van der Waals surface area contributed by atoms with Gasteiger partial charge >= 0.3 is 0 Å². The Hall–Kier alpha value is -0.610. The Labute approximate surface area is 97.4 Å². The summed E-state index contributed by atoms with van der Waals surface area (Å²) in [6.07, 6.45) is 2.37. The van der Waals surface area contributed by atoms with Gasteiger partial charge in [-0.2, -0.15) is 0 Å². The van der Waals surface area contributed by atoms with Gasteiger partial charge < -0.3 is 15.2 Å². The first-order valence-electron chi connectivity index (χ1n) is 6.09. The number of ether oxygens (including phenoxy) is 1. The van der Waals surface area contributed by atoms with Crippen LogP contribution in [0.4, 0.5) is 0 Å². The number of hydrogen-bond acceptors (Lipinski definition) is 3. The predicted octanol–water partition coefficient (Wildman–Crippen LogP) is 1.08. The van der Waals surface area contributed by atoms with E-state index >= 15 is 0 Å². The number of aliphatic hydroxyl groups excluding tert-OH is 1. The third-order valence-electron chi connectivity index (χ3n) is 2.85. The second-order valence-corrected chi connectivity index (χ2v) is 5.03. The molecule has 1 aliphatic rings. The van der Waals surface area contributed by atoms with Crippen LogP contribution < -0.4 is 5.32 Å². The van der Waals surface area contributed by atoms with Crippen molar-refractivity contribution in [2.75, 3.05) is 6.61 Å². The summed E-state index contributed by atoms with van der Waals surface area (Å²) in [6, 6.07) is -0.146. The molecule has 4 heteroatoms. The van der Waals surface area contributed by atoms with E-state index in [0.717, 1.165) is 19.3 Å². The van der Waals surface area contributed by atoms with Gasteiger partial charge in [0.25, 0.3) is 0 Å². The van der Waals surface area contributed by atoms with Crippen molar-refractivity contribution in [3.63, 3.8) is 0 Å². The molecule has 0 aromatic heterocycles. The minimum atomic E-state index is -0.323. The molecule has 3 unspecified atom stereocenters. The molecule has 0 aromatic rings. The zero-order chi connectivity index (χ0) is 12.1. The fourth-order valence-corrected chi connectivity index (χ4v) is 2.04. The van der Waals surface area contributed by atoms with Crippen LogP contribution >= 0.6 is 0 Å². The molecule has 0 saturated carbocycles. The maximum absolute atomic E-state index is 11.8. The van der Waals surface area contributed by atoms with E-state index in [1.54, 1.807) is 0 Å². The summed E-state index contributed by atoms with van der Waals surface area (Å²) in [5.41, 5.74) is 0. The molecule has 16 heavy (non-hydrogen) atoms. The van der Waals surface area contributed by atoms with Crippen LogP contribution in [0.5, 0.6) is 0 Å². The Morgan fingerprint density at radius 1 is 1.50 bits per heavy atom. The van der Waals surface area contributed by atoms with Gasteiger partial charge in [0.2, 0.25) is 5.91 Å². The highest BCUT2D eigenvalue weighted by Gasteiger charge is 2.29.